The van der Waals surface area contributed by atoms with Crippen molar-refractivity contribution in [3.05, 3.63) is 48.0 Å². The molecule has 1 atom stereocenters. The first kappa shape index (κ1) is 18.9. The zero-order chi connectivity index (χ0) is 18.1. The Morgan fingerprint density at radius 3 is 2.56 bits per heavy atom. The fourth-order valence-electron chi connectivity index (χ4n) is 2.61. The van der Waals surface area contributed by atoms with Crippen LogP contribution in [0.25, 0.3) is 10.8 Å². The van der Waals surface area contributed by atoms with Gasteiger partial charge < -0.3 is 5.32 Å². The standard InChI is InChI=1S/C20H26N2O3/c1-3-4-5-10-19(23)22-25-14-20(24)21-15(2)17-12-11-16-8-6-7-9-18(16)13-17/h6-9,11-13,15H,3-5,10,14H2,1-2H3,(H,21,24)(H,22,23). The number of hydroxylamine groups is 1. The summed E-state index contributed by atoms with van der Waals surface area (Å²) >= 11 is 0. The minimum Gasteiger partial charge on any atom is -0.347 e. The van der Waals surface area contributed by atoms with Gasteiger partial charge >= 0.3 is 0 Å². The highest BCUT2D eigenvalue weighted by Gasteiger charge is 2.11. The highest BCUT2D eigenvalue weighted by atomic mass is 16.7. The van der Waals surface area contributed by atoms with Gasteiger partial charge in [-0.15, -0.1) is 0 Å². The summed E-state index contributed by atoms with van der Waals surface area (Å²) < 4.78 is 0. The molecule has 0 fully saturated rings. The molecule has 0 bridgehead atoms. The van der Waals surface area contributed by atoms with E-state index in [0.717, 1.165) is 30.2 Å². The van der Waals surface area contributed by atoms with Gasteiger partial charge in [-0.1, -0.05) is 56.2 Å². The van der Waals surface area contributed by atoms with Crippen LogP contribution in [0.5, 0.6) is 0 Å². The Morgan fingerprint density at radius 1 is 1.04 bits per heavy atom. The van der Waals surface area contributed by atoms with Crippen molar-refractivity contribution in [3.8, 4) is 0 Å². The Balaban J connectivity index is 1.76. The monoisotopic (exact) mass is 342 g/mol. The van der Waals surface area contributed by atoms with Gasteiger partial charge in [0, 0.05) is 6.42 Å². The second-order valence-corrected chi connectivity index (χ2v) is 6.17. The first-order valence-corrected chi connectivity index (χ1v) is 8.79. The van der Waals surface area contributed by atoms with Crippen molar-refractivity contribution < 1.29 is 14.4 Å². The third-order valence-electron chi connectivity index (χ3n) is 4.05. The molecular formula is C20H26N2O3. The lowest BCUT2D eigenvalue weighted by atomic mass is 10.0. The average molecular weight is 342 g/mol. The molecule has 1 unspecified atom stereocenters. The quantitative estimate of drug-likeness (QED) is 0.540. The molecule has 0 radical (unpaired) electrons. The molecule has 0 spiro atoms. The molecule has 2 aromatic carbocycles. The van der Waals surface area contributed by atoms with Gasteiger partial charge in [0.25, 0.3) is 0 Å². The number of hydrogen-bond acceptors (Lipinski definition) is 3. The van der Waals surface area contributed by atoms with Crippen molar-refractivity contribution in [2.75, 3.05) is 6.61 Å². The number of benzene rings is 2. The van der Waals surface area contributed by atoms with Gasteiger partial charge in [0.15, 0.2) is 6.61 Å². The van der Waals surface area contributed by atoms with Crippen LogP contribution in [0.15, 0.2) is 42.5 Å². The van der Waals surface area contributed by atoms with Crippen molar-refractivity contribution in [2.24, 2.45) is 0 Å². The Labute approximate surface area is 148 Å². The van der Waals surface area contributed by atoms with Crippen LogP contribution in [-0.4, -0.2) is 18.4 Å². The van der Waals surface area contributed by atoms with Gasteiger partial charge in [-0.3, -0.25) is 14.4 Å². The van der Waals surface area contributed by atoms with Crippen LogP contribution in [0.4, 0.5) is 0 Å². The maximum Gasteiger partial charge on any atom is 0.249 e. The Hall–Kier alpha value is -2.40. The normalized spacial score (nSPS) is 11.9. The lowest BCUT2D eigenvalue weighted by molar-refractivity contribution is -0.139. The number of carbonyl (C=O) groups excluding carboxylic acids is 2. The highest BCUT2D eigenvalue weighted by molar-refractivity contribution is 5.83. The predicted octanol–water partition coefficient (Wildman–Crippen LogP) is 3.65. The van der Waals surface area contributed by atoms with Gasteiger partial charge in [-0.25, -0.2) is 5.48 Å². The molecule has 0 heterocycles. The van der Waals surface area contributed by atoms with E-state index in [0.29, 0.717) is 6.42 Å². The molecule has 0 aromatic heterocycles. The SMILES string of the molecule is CCCCCC(=O)NOCC(=O)NC(C)c1ccc2ccccc2c1. The van der Waals surface area contributed by atoms with Crippen LogP contribution in [0.1, 0.15) is 51.1 Å². The molecule has 0 aliphatic heterocycles. The van der Waals surface area contributed by atoms with Crippen molar-refractivity contribution in [2.45, 2.75) is 45.6 Å². The molecule has 2 aromatic rings. The molecule has 0 saturated carbocycles. The summed E-state index contributed by atoms with van der Waals surface area (Å²) in [6.45, 7) is 3.80. The molecule has 25 heavy (non-hydrogen) atoms. The molecule has 2 amide bonds. The molecule has 5 heteroatoms. The number of unbranched alkanes of at least 4 members (excludes halogenated alkanes) is 2. The maximum absolute atomic E-state index is 11.9. The van der Waals surface area contributed by atoms with Crippen molar-refractivity contribution in [3.63, 3.8) is 0 Å². The Kier molecular flexibility index (Phi) is 7.41. The topological polar surface area (TPSA) is 67.4 Å². The predicted molar refractivity (Wildman–Crippen MR) is 98.7 cm³/mol. The van der Waals surface area contributed by atoms with Crippen molar-refractivity contribution in [1.29, 1.82) is 0 Å². The summed E-state index contributed by atoms with van der Waals surface area (Å²) in [6.07, 6.45) is 3.32. The fraction of sp³-hybridized carbons (Fsp3) is 0.400. The molecule has 0 aliphatic rings. The van der Waals surface area contributed by atoms with Crippen LogP contribution in [0.3, 0.4) is 0 Å². The zero-order valence-corrected chi connectivity index (χ0v) is 14.9. The van der Waals surface area contributed by atoms with E-state index < -0.39 is 0 Å². The van der Waals surface area contributed by atoms with E-state index in [2.05, 4.69) is 29.9 Å². The van der Waals surface area contributed by atoms with Crippen LogP contribution >= 0.6 is 0 Å². The summed E-state index contributed by atoms with van der Waals surface area (Å²) in [5.74, 6) is -0.460. The second kappa shape index (κ2) is 9.79. The van der Waals surface area contributed by atoms with Crippen LogP contribution in [0.2, 0.25) is 0 Å². The van der Waals surface area contributed by atoms with E-state index in [1.54, 1.807) is 0 Å². The maximum atomic E-state index is 11.9. The molecule has 134 valence electrons. The van der Waals surface area contributed by atoms with Crippen molar-refractivity contribution >= 4 is 22.6 Å². The number of hydrogen-bond donors (Lipinski definition) is 2. The summed E-state index contributed by atoms with van der Waals surface area (Å²) in [6, 6.07) is 14.1. The number of rotatable bonds is 9. The van der Waals surface area contributed by atoms with E-state index >= 15 is 0 Å². The largest absolute Gasteiger partial charge is 0.347 e. The molecule has 5 nitrogen and oxygen atoms in total. The third-order valence-corrected chi connectivity index (χ3v) is 4.05. The van der Waals surface area contributed by atoms with Crippen LogP contribution < -0.4 is 10.8 Å². The van der Waals surface area contributed by atoms with E-state index in [1.807, 2.05) is 37.3 Å². The van der Waals surface area contributed by atoms with Gasteiger partial charge in [0.1, 0.15) is 0 Å². The molecule has 2 rings (SSSR count). The number of amides is 2. The van der Waals surface area contributed by atoms with E-state index in [-0.39, 0.29) is 24.5 Å². The second-order valence-electron chi connectivity index (χ2n) is 6.17. The van der Waals surface area contributed by atoms with Gasteiger partial charge in [0.05, 0.1) is 6.04 Å². The first-order chi connectivity index (χ1) is 12.1. The van der Waals surface area contributed by atoms with Gasteiger partial charge in [-0.2, -0.15) is 0 Å². The lowest BCUT2D eigenvalue weighted by Gasteiger charge is -2.15. The van der Waals surface area contributed by atoms with E-state index in [1.165, 1.54) is 5.39 Å². The summed E-state index contributed by atoms with van der Waals surface area (Å²) in [7, 11) is 0. The Morgan fingerprint density at radius 2 is 1.80 bits per heavy atom. The van der Waals surface area contributed by atoms with E-state index in [4.69, 9.17) is 4.84 Å². The smallest absolute Gasteiger partial charge is 0.249 e. The molecule has 2 N–H and O–H groups in total. The number of nitrogens with one attached hydrogen (secondary N) is 2. The minimum absolute atomic E-state index is 0.138. The van der Waals surface area contributed by atoms with Crippen LogP contribution in [0, 0.1) is 0 Å². The molecule has 0 saturated heterocycles. The Bertz CT molecular complexity index is 715. The van der Waals surface area contributed by atoms with Crippen LogP contribution in [-0.2, 0) is 14.4 Å². The van der Waals surface area contributed by atoms with Crippen molar-refractivity contribution in [1.82, 2.24) is 10.8 Å². The lowest BCUT2D eigenvalue weighted by Crippen LogP contribution is -2.34. The third kappa shape index (κ3) is 6.19. The average Bonchev–Trinajstić information content (AvgIpc) is 2.61. The molecular weight excluding hydrogens is 316 g/mol. The summed E-state index contributed by atoms with van der Waals surface area (Å²) in [5, 5.41) is 5.17. The molecule has 0 aliphatic carbocycles. The first-order valence-electron chi connectivity index (χ1n) is 8.79. The summed E-state index contributed by atoms with van der Waals surface area (Å²) in [4.78, 5) is 28.4. The minimum atomic E-state index is -0.269. The zero-order valence-electron chi connectivity index (χ0n) is 14.9. The number of carbonyl (C=O) groups is 2. The number of fused-ring (bicyclic) bond motifs is 1. The highest BCUT2D eigenvalue weighted by Crippen LogP contribution is 2.20. The van der Waals surface area contributed by atoms with Gasteiger partial charge in [-0.05, 0) is 35.7 Å². The fourth-order valence-corrected chi connectivity index (χ4v) is 2.61. The summed E-state index contributed by atoms with van der Waals surface area (Å²) in [5.41, 5.74) is 3.33. The van der Waals surface area contributed by atoms with E-state index in [9.17, 15) is 9.59 Å². The van der Waals surface area contributed by atoms with Gasteiger partial charge in [0.2, 0.25) is 11.8 Å².